The molecule has 1 saturated heterocycles. The number of hydrogen-bond acceptors (Lipinski definition) is 3. The van der Waals surface area contributed by atoms with E-state index in [0.29, 0.717) is 34.7 Å². The highest BCUT2D eigenvalue weighted by atomic mass is 127. The number of halogens is 2. The largest absolute Gasteiger partial charge is 0.487 e. The molecule has 0 unspecified atom stereocenters. The molecule has 4 nitrogen and oxygen atoms in total. The number of carbonyl (C=O) groups is 1. The monoisotopic (exact) mass is 512 g/mol. The number of thiocarbonyl (C=S) groups is 1. The van der Waals surface area contributed by atoms with Gasteiger partial charge >= 0.3 is 0 Å². The number of hydrogen-bond donors (Lipinski definition) is 1. The first kappa shape index (κ1) is 20.1. The van der Waals surface area contributed by atoms with Crippen molar-refractivity contribution in [2.75, 3.05) is 6.54 Å². The molecule has 0 aromatic heterocycles. The van der Waals surface area contributed by atoms with Gasteiger partial charge in [0.05, 0.1) is 5.02 Å². The molecular weight excluding hydrogens is 495 g/mol. The van der Waals surface area contributed by atoms with E-state index in [1.54, 1.807) is 17.0 Å². The van der Waals surface area contributed by atoms with E-state index in [2.05, 4.69) is 27.9 Å². The van der Waals surface area contributed by atoms with Crippen molar-refractivity contribution >= 4 is 63.5 Å². The number of nitrogens with one attached hydrogen (secondary N) is 1. The Morgan fingerprint density at radius 1 is 1.26 bits per heavy atom. The van der Waals surface area contributed by atoms with Crippen LogP contribution < -0.4 is 10.1 Å². The summed E-state index contributed by atoms with van der Waals surface area (Å²) in [6.07, 6.45) is 2.60. The Morgan fingerprint density at radius 2 is 2.00 bits per heavy atom. The van der Waals surface area contributed by atoms with E-state index in [9.17, 15) is 4.79 Å². The van der Waals surface area contributed by atoms with Crippen molar-refractivity contribution in [1.29, 1.82) is 0 Å². The van der Waals surface area contributed by atoms with Crippen LogP contribution >= 0.6 is 46.4 Å². The van der Waals surface area contributed by atoms with Crippen LogP contribution in [0.15, 0.2) is 48.2 Å². The number of rotatable bonds is 6. The average Bonchev–Trinajstić information content (AvgIpc) is 2.90. The van der Waals surface area contributed by atoms with Gasteiger partial charge in [-0.1, -0.05) is 36.7 Å². The zero-order valence-corrected chi connectivity index (χ0v) is 18.4. The normalized spacial score (nSPS) is 15.4. The van der Waals surface area contributed by atoms with Crippen LogP contribution in [0, 0.1) is 3.57 Å². The number of benzene rings is 2. The number of nitrogens with zero attached hydrogens (tertiary/aromatic N) is 1. The van der Waals surface area contributed by atoms with Crippen LogP contribution in [-0.4, -0.2) is 22.5 Å². The first-order chi connectivity index (χ1) is 13.0. The zero-order valence-electron chi connectivity index (χ0n) is 14.7. The first-order valence-electron chi connectivity index (χ1n) is 8.49. The van der Waals surface area contributed by atoms with Gasteiger partial charge in [-0.15, -0.1) is 0 Å². The highest BCUT2D eigenvalue weighted by Gasteiger charge is 2.29. The summed E-state index contributed by atoms with van der Waals surface area (Å²) in [4.78, 5) is 14.0. The maximum Gasteiger partial charge on any atom is 0.276 e. The van der Waals surface area contributed by atoms with Crippen molar-refractivity contribution in [2.24, 2.45) is 0 Å². The SMILES string of the molecule is CCCN1C(=O)/C(=C/c2ccc(OCc3ccc(I)cc3)c(Cl)c2)NC1=S. The number of carbonyl (C=O) groups excluding carboxylic acids is 1. The summed E-state index contributed by atoms with van der Waals surface area (Å²) in [5.74, 6) is 0.489. The van der Waals surface area contributed by atoms with Crippen molar-refractivity contribution in [3.8, 4) is 5.75 Å². The topological polar surface area (TPSA) is 41.6 Å². The molecular formula is C20H18ClIN2O2S. The smallest absolute Gasteiger partial charge is 0.276 e. The van der Waals surface area contributed by atoms with Crippen molar-refractivity contribution < 1.29 is 9.53 Å². The van der Waals surface area contributed by atoms with Crippen molar-refractivity contribution in [1.82, 2.24) is 10.2 Å². The summed E-state index contributed by atoms with van der Waals surface area (Å²) in [7, 11) is 0. The Hall–Kier alpha value is -1.64. The van der Waals surface area contributed by atoms with Crippen molar-refractivity contribution in [3.63, 3.8) is 0 Å². The molecule has 0 aliphatic carbocycles. The summed E-state index contributed by atoms with van der Waals surface area (Å²) >= 11 is 13.8. The number of ether oxygens (including phenoxy) is 1. The Bertz CT molecular complexity index is 899. The minimum absolute atomic E-state index is 0.114. The number of amides is 1. The molecule has 1 amide bonds. The fourth-order valence-electron chi connectivity index (χ4n) is 2.63. The highest BCUT2D eigenvalue weighted by molar-refractivity contribution is 14.1. The van der Waals surface area contributed by atoms with Gasteiger partial charge in [-0.25, -0.2) is 0 Å². The Kier molecular flexibility index (Phi) is 6.73. The van der Waals surface area contributed by atoms with Gasteiger partial charge in [-0.2, -0.15) is 0 Å². The summed E-state index contributed by atoms with van der Waals surface area (Å²) in [6.45, 7) is 3.05. The summed E-state index contributed by atoms with van der Waals surface area (Å²) in [6, 6.07) is 13.6. The molecule has 1 aliphatic heterocycles. The van der Waals surface area contributed by atoms with Gasteiger partial charge in [0.25, 0.3) is 5.91 Å². The summed E-state index contributed by atoms with van der Waals surface area (Å²) in [5, 5.41) is 3.90. The van der Waals surface area contributed by atoms with E-state index in [-0.39, 0.29) is 5.91 Å². The Morgan fingerprint density at radius 3 is 2.67 bits per heavy atom. The molecule has 1 heterocycles. The van der Waals surface area contributed by atoms with Crippen molar-refractivity contribution in [2.45, 2.75) is 20.0 Å². The van der Waals surface area contributed by atoms with Gasteiger partial charge in [0.1, 0.15) is 18.1 Å². The third-order valence-electron chi connectivity index (χ3n) is 3.98. The Balaban J connectivity index is 1.70. The third kappa shape index (κ3) is 5.00. The van der Waals surface area contributed by atoms with E-state index < -0.39 is 0 Å². The highest BCUT2D eigenvalue weighted by Crippen LogP contribution is 2.27. The minimum Gasteiger partial charge on any atom is -0.487 e. The Labute approximate surface area is 182 Å². The molecule has 1 fully saturated rings. The molecule has 0 atom stereocenters. The van der Waals surface area contributed by atoms with Gasteiger partial charge < -0.3 is 10.1 Å². The second-order valence-electron chi connectivity index (χ2n) is 6.05. The van der Waals surface area contributed by atoms with E-state index >= 15 is 0 Å². The molecule has 0 saturated carbocycles. The van der Waals surface area contributed by atoms with E-state index in [4.69, 9.17) is 28.6 Å². The molecule has 140 valence electrons. The summed E-state index contributed by atoms with van der Waals surface area (Å²) < 4.78 is 6.99. The lowest BCUT2D eigenvalue weighted by atomic mass is 10.1. The molecule has 2 aromatic carbocycles. The van der Waals surface area contributed by atoms with Crippen molar-refractivity contribution in [3.05, 3.63) is 67.9 Å². The predicted octanol–water partition coefficient (Wildman–Crippen LogP) is 4.99. The fraction of sp³-hybridized carbons (Fsp3) is 0.200. The third-order valence-corrected chi connectivity index (χ3v) is 5.32. The molecule has 7 heteroatoms. The van der Waals surface area contributed by atoms with Gasteiger partial charge in [0.15, 0.2) is 5.11 Å². The van der Waals surface area contributed by atoms with Gasteiger partial charge in [0, 0.05) is 10.1 Å². The lowest BCUT2D eigenvalue weighted by molar-refractivity contribution is -0.122. The van der Waals surface area contributed by atoms with Crippen LogP contribution in [0.5, 0.6) is 5.75 Å². The van der Waals surface area contributed by atoms with Crippen LogP contribution in [0.2, 0.25) is 5.02 Å². The van der Waals surface area contributed by atoms with E-state index in [0.717, 1.165) is 17.5 Å². The maximum absolute atomic E-state index is 12.4. The van der Waals surface area contributed by atoms with E-state index in [1.165, 1.54) is 3.57 Å². The van der Waals surface area contributed by atoms with Crippen LogP contribution in [0.4, 0.5) is 0 Å². The molecule has 0 bridgehead atoms. The minimum atomic E-state index is -0.114. The van der Waals surface area contributed by atoms with Crippen LogP contribution in [-0.2, 0) is 11.4 Å². The van der Waals surface area contributed by atoms with E-state index in [1.807, 2.05) is 43.3 Å². The second-order valence-corrected chi connectivity index (χ2v) is 8.09. The first-order valence-corrected chi connectivity index (χ1v) is 10.4. The molecule has 27 heavy (non-hydrogen) atoms. The molecule has 2 aromatic rings. The molecule has 0 radical (unpaired) electrons. The quantitative estimate of drug-likeness (QED) is 0.336. The standard InChI is InChI=1S/C20H18ClIN2O2S/c1-2-9-24-19(25)17(23-20(24)27)11-14-5-8-18(16(21)10-14)26-12-13-3-6-15(22)7-4-13/h3-8,10-11H,2,9,12H2,1H3,(H,23,27)/b17-11-. The maximum atomic E-state index is 12.4. The molecule has 3 rings (SSSR count). The van der Waals surface area contributed by atoms with Crippen LogP contribution in [0.1, 0.15) is 24.5 Å². The molecule has 1 aliphatic rings. The lowest BCUT2D eigenvalue weighted by Gasteiger charge is -2.11. The fourth-order valence-corrected chi connectivity index (χ4v) is 3.52. The predicted molar refractivity (Wildman–Crippen MR) is 121 cm³/mol. The van der Waals surface area contributed by atoms with Gasteiger partial charge in [0.2, 0.25) is 0 Å². The van der Waals surface area contributed by atoms with Crippen LogP contribution in [0.25, 0.3) is 6.08 Å². The van der Waals surface area contributed by atoms with Crippen LogP contribution in [0.3, 0.4) is 0 Å². The molecule has 0 spiro atoms. The average molecular weight is 513 g/mol. The summed E-state index contributed by atoms with van der Waals surface area (Å²) in [5.41, 5.74) is 2.33. The zero-order chi connectivity index (χ0) is 19.4. The van der Waals surface area contributed by atoms with Gasteiger partial charge in [-0.3, -0.25) is 9.69 Å². The lowest BCUT2D eigenvalue weighted by Crippen LogP contribution is -2.31. The molecule has 1 N–H and O–H groups in total. The second kappa shape index (κ2) is 9.03. The van der Waals surface area contributed by atoms with Gasteiger partial charge in [-0.05, 0) is 82.7 Å².